The molecule has 2 aromatic rings. The maximum atomic E-state index is 11.6. The Hall–Kier alpha value is -1.64. The van der Waals surface area contributed by atoms with E-state index < -0.39 is 15.8 Å². The molecule has 1 saturated carbocycles. The van der Waals surface area contributed by atoms with Crippen LogP contribution in [0.4, 0.5) is 0 Å². The van der Waals surface area contributed by atoms with Crippen molar-refractivity contribution in [2.45, 2.75) is 55.4 Å². The number of sulfonamides is 1. The van der Waals surface area contributed by atoms with Gasteiger partial charge in [-0.2, -0.15) is 0 Å². The van der Waals surface area contributed by atoms with Crippen LogP contribution in [-0.4, -0.2) is 38.2 Å². The van der Waals surface area contributed by atoms with Crippen molar-refractivity contribution >= 4 is 21.6 Å². The SMILES string of the molecule is NS(=O)(=O)c1ccc(-c2ccc3c(c2)COC2(CCN(C4CCC4)CC2)O3)cc1Cl. The Morgan fingerprint density at radius 2 is 1.77 bits per heavy atom. The molecule has 8 heteroatoms. The van der Waals surface area contributed by atoms with Crippen LogP contribution in [0.25, 0.3) is 11.1 Å². The lowest BCUT2D eigenvalue weighted by molar-refractivity contribution is -0.231. The summed E-state index contributed by atoms with van der Waals surface area (Å²) < 4.78 is 35.7. The molecule has 6 nitrogen and oxygen atoms in total. The molecule has 2 heterocycles. The maximum Gasteiger partial charge on any atom is 0.239 e. The van der Waals surface area contributed by atoms with Gasteiger partial charge in [0.25, 0.3) is 0 Å². The van der Waals surface area contributed by atoms with Gasteiger partial charge in [0, 0.05) is 37.5 Å². The van der Waals surface area contributed by atoms with Gasteiger partial charge < -0.3 is 9.47 Å². The Morgan fingerprint density at radius 3 is 2.40 bits per heavy atom. The number of rotatable bonds is 3. The number of ether oxygens (including phenoxy) is 2. The average molecular weight is 449 g/mol. The summed E-state index contributed by atoms with van der Waals surface area (Å²) in [5.74, 6) is 0.337. The molecule has 0 unspecified atom stereocenters. The third-order valence-electron chi connectivity index (χ3n) is 6.57. The first-order valence-electron chi connectivity index (χ1n) is 10.4. The van der Waals surface area contributed by atoms with Gasteiger partial charge in [0.05, 0.1) is 11.6 Å². The van der Waals surface area contributed by atoms with E-state index in [1.165, 1.54) is 25.3 Å². The van der Waals surface area contributed by atoms with Crippen molar-refractivity contribution in [3.8, 4) is 16.9 Å². The molecule has 2 aromatic carbocycles. The molecule has 1 aliphatic carbocycles. The second-order valence-corrected chi connectivity index (χ2v) is 10.4. The fourth-order valence-corrected chi connectivity index (χ4v) is 5.64. The summed E-state index contributed by atoms with van der Waals surface area (Å²) in [5, 5.41) is 5.30. The zero-order chi connectivity index (χ0) is 20.9. The van der Waals surface area contributed by atoms with Crippen molar-refractivity contribution in [2.24, 2.45) is 5.14 Å². The first kappa shape index (κ1) is 20.3. The van der Waals surface area contributed by atoms with Crippen molar-refractivity contribution in [2.75, 3.05) is 13.1 Å². The fourth-order valence-electron chi connectivity index (χ4n) is 4.55. The molecule has 0 radical (unpaired) electrons. The number of nitrogens with zero attached hydrogens (tertiary/aromatic N) is 1. The van der Waals surface area contributed by atoms with E-state index in [-0.39, 0.29) is 9.92 Å². The largest absolute Gasteiger partial charge is 0.462 e. The van der Waals surface area contributed by atoms with Crippen LogP contribution in [0.5, 0.6) is 5.75 Å². The number of halogens is 1. The van der Waals surface area contributed by atoms with Crippen molar-refractivity contribution < 1.29 is 17.9 Å². The first-order valence-corrected chi connectivity index (χ1v) is 12.3. The highest BCUT2D eigenvalue weighted by Crippen LogP contribution is 2.40. The summed E-state index contributed by atoms with van der Waals surface area (Å²) in [5.41, 5.74) is 2.70. The number of piperidine rings is 1. The van der Waals surface area contributed by atoms with Crippen LogP contribution >= 0.6 is 11.6 Å². The second-order valence-electron chi connectivity index (χ2n) is 8.43. The highest BCUT2D eigenvalue weighted by molar-refractivity contribution is 7.89. The molecule has 160 valence electrons. The van der Waals surface area contributed by atoms with E-state index in [0.29, 0.717) is 6.61 Å². The quantitative estimate of drug-likeness (QED) is 0.769. The highest BCUT2D eigenvalue weighted by Gasteiger charge is 2.42. The molecule has 3 aliphatic rings. The van der Waals surface area contributed by atoms with E-state index in [1.54, 1.807) is 12.1 Å². The molecule has 0 bridgehead atoms. The van der Waals surface area contributed by atoms with E-state index >= 15 is 0 Å². The first-order chi connectivity index (χ1) is 14.3. The summed E-state index contributed by atoms with van der Waals surface area (Å²) in [6, 6.07) is 11.4. The lowest BCUT2D eigenvalue weighted by Gasteiger charge is -2.47. The minimum absolute atomic E-state index is 0.0762. The number of primary sulfonamides is 1. The average Bonchev–Trinajstić information content (AvgIpc) is 2.67. The van der Waals surface area contributed by atoms with Crippen molar-refractivity contribution in [1.29, 1.82) is 0 Å². The van der Waals surface area contributed by atoms with Crippen LogP contribution in [0, 0.1) is 0 Å². The van der Waals surface area contributed by atoms with Gasteiger partial charge in [0.1, 0.15) is 10.6 Å². The molecule has 2 aliphatic heterocycles. The molecule has 1 spiro atoms. The molecule has 2 N–H and O–H groups in total. The van der Waals surface area contributed by atoms with E-state index in [2.05, 4.69) is 4.90 Å². The van der Waals surface area contributed by atoms with Gasteiger partial charge in [0.15, 0.2) is 0 Å². The second kappa shape index (κ2) is 7.50. The Bertz CT molecular complexity index is 1080. The van der Waals surface area contributed by atoms with E-state index in [0.717, 1.165) is 54.4 Å². The Labute approximate surface area is 182 Å². The van der Waals surface area contributed by atoms with Crippen LogP contribution in [0.1, 0.15) is 37.7 Å². The summed E-state index contributed by atoms with van der Waals surface area (Å²) >= 11 is 6.14. The number of hydrogen-bond donors (Lipinski definition) is 1. The van der Waals surface area contributed by atoms with Gasteiger partial charge in [-0.15, -0.1) is 0 Å². The topological polar surface area (TPSA) is 81.9 Å². The Kier molecular flexibility index (Phi) is 5.07. The van der Waals surface area contributed by atoms with Crippen LogP contribution in [0.3, 0.4) is 0 Å². The van der Waals surface area contributed by atoms with Crippen molar-refractivity contribution in [3.63, 3.8) is 0 Å². The Balaban J connectivity index is 1.33. The molecule has 30 heavy (non-hydrogen) atoms. The molecule has 5 rings (SSSR count). The van der Waals surface area contributed by atoms with Crippen molar-refractivity contribution in [3.05, 3.63) is 47.0 Å². The number of nitrogens with two attached hydrogens (primary N) is 1. The zero-order valence-corrected chi connectivity index (χ0v) is 18.2. The number of fused-ring (bicyclic) bond motifs is 1. The molecular formula is C22H25ClN2O4S. The third kappa shape index (κ3) is 3.74. The molecule has 1 saturated heterocycles. The van der Waals surface area contributed by atoms with Gasteiger partial charge in [-0.3, -0.25) is 4.90 Å². The van der Waals surface area contributed by atoms with Gasteiger partial charge >= 0.3 is 0 Å². The van der Waals surface area contributed by atoms with Crippen LogP contribution in [0.15, 0.2) is 41.3 Å². The predicted molar refractivity (Wildman–Crippen MR) is 115 cm³/mol. The smallest absolute Gasteiger partial charge is 0.239 e. The maximum absolute atomic E-state index is 11.6. The summed E-state index contributed by atoms with van der Waals surface area (Å²) in [6.07, 6.45) is 5.76. The lowest BCUT2D eigenvalue weighted by Crippen LogP contribution is -2.54. The summed E-state index contributed by atoms with van der Waals surface area (Å²) in [6.45, 7) is 2.54. The third-order valence-corrected chi connectivity index (χ3v) is 7.96. The summed E-state index contributed by atoms with van der Waals surface area (Å²) in [4.78, 5) is 2.50. The normalized spacial score (nSPS) is 21.7. The monoisotopic (exact) mass is 448 g/mol. The Morgan fingerprint density at radius 1 is 1.07 bits per heavy atom. The van der Waals surface area contributed by atoms with E-state index in [4.69, 9.17) is 26.2 Å². The van der Waals surface area contributed by atoms with Gasteiger partial charge in [-0.25, -0.2) is 13.6 Å². The van der Waals surface area contributed by atoms with Gasteiger partial charge in [-0.05, 0) is 48.2 Å². The molecule has 0 atom stereocenters. The molecule has 0 amide bonds. The predicted octanol–water partition coefficient (Wildman–Crippen LogP) is 3.91. The molecule has 0 aromatic heterocycles. The fraction of sp³-hybridized carbons (Fsp3) is 0.455. The molecular weight excluding hydrogens is 424 g/mol. The van der Waals surface area contributed by atoms with Gasteiger partial charge in [0.2, 0.25) is 15.8 Å². The number of hydrogen-bond acceptors (Lipinski definition) is 5. The standard InChI is InChI=1S/C22H25ClN2O4S/c23-19-13-16(5-7-21(19)30(24,26)27)15-4-6-20-17(12-15)14-28-22(29-20)8-10-25(11-9-22)18-2-1-3-18/h4-7,12-13,18H,1-3,8-11,14H2,(H2,24,26,27). The van der Waals surface area contributed by atoms with E-state index in [9.17, 15) is 8.42 Å². The number of likely N-dealkylation sites (tertiary alicyclic amines) is 1. The van der Waals surface area contributed by atoms with Crippen molar-refractivity contribution in [1.82, 2.24) is 4.90 Å². The minimum Gasteiger partial charge on any atom is -0.462 e. The van der Waals surface area contributed by atoms with Crippen LogP contribution in [0.2, 0.25) is 5.02 Å². The summed E-state index contributed by atoms with van der Waals surface area (Å²) in [7, 11) is -3.85. The lowest BCUT2D eigenvalue weighted by atomic mass is 9.89. The number of benzene rings is 2. The minimum atomic E-state index is -3.85. The molecule has 2 fully saturated rings. The van der Waals surface area contributed by atoms with E-state index in [1.807, 2.05) is 18.2 Å². The highest BCUT2D eigenvalue weighted by atomic mass is 35.5. The van der Waals surface area contributed by atoms with Crippen LogP contribution in [-0.2, 0) is 21.4 Å². The zero-order valence-electron chi connectivity index (χ0n) is 16.6. The van der Waals surface area contributed by atoms with Gasteiger partial charge in [-0.1, -0.05) is 30.2 Å². The van der Waals surface area contributed by atoms with Crippen LogP contribution < -0.4 is 9.88 Å².